The molecule has 4 rings (SSSR count). The number of carbonyl (C=O) groups excluding carboxylic acids is 2. The lowest BCUT2D eigenvalue weighted by atomic mass is 10.1. The smallest absolute Gasteiger partial charge is 0.321 e. The number of hydrogen-bond acceptors (Lipinski definition) is 4. The molecule has 0 bridgehead atoms. The maximum Gasteiger partial charge on any atom is 0.321 e. The summed E-state index contributed by atoms with van der Waals surface area (Å²) in [5.41, 5.74) is -0.738. The molecule has 4 aliphatic heterocycles. The van der Waals surface area contributed by atoms with E-state index in [9.17, 15) is 9.59 Å². The standard InChI is InChI=1S/C11H16N4O4/c1-11-8(14(9(16)12-11)2-6-4-18-6)15(10(17)13-11)3-7-5-19-7/h6-8H,2-5H2,1H3,(H,12,16)(H,13,17). The molecule has 8 nitrogen and oxygen atoms in total. The molecule has 0 aliphatic carbocycles. The first kappa shape index (κ1) is 11.3. The molecule has 0 aromatic carbocycles. The van der Waals surface area contributed by atoms with Crippen molar-refractivity contribution in [3.63, 3.8) is 0 Å². The number of amides is 4. The van der Waals surface area contributed by atoms with Gasteiger partial charge < -0.3 is 20.1 Å². The van der Waals surface area contributed by atoms with Crippen LogP contribution in [-0.4, -0.2) is 72.2 Å². The molecule has 2 unspecified atom stereocenters. The SMILES string of the molecule is CC12NC(=O)N(CC3CO3)C1N(CC1CO1)C(=O)N2. The summed E-state index contributed by atoms with van der Waals surface area (Å²) in [6.45, 7) is 4.22. The lowest BCUT2D eigenvalue weighted by molar-refractivity contribution is 0.101. The zero-order chi connectivity index (χ0) is 13.2. The number of epoxide rings is 2. The van der Waals surface area contributed by atoms with Gasteiger partial charge in [-0.15, -0.1) is 0 Å². The van der Waals surface area contributed by atoms with E-state index in [4.69, 9.17) is 9.47 Å². The zero-order valence-electron chi connectivity index (χ0n) is 10.6. The first-order valence-electron chi connectivity index (χ1n) is 6.47. The van der Waals surface area contributed by atoms with Crippen LogP contribution in [0.3, 0.4) is 0 Å². The first-order chi connectivity index (χ1) is 9.07. The lowest BCUT2D eigenvalue weighted by Gasteiger charge is -2.31. The summed E-state index contributed by atoms with van der Waals surface area (Å²) < 4.78 is 10.4. The molecule has 4 amide bonds. The molecule has 2 atom stereocenters. The molecule has 0 aromatic heterocycles. The van der Waals surface area contributed by atoms with Gasteiger partial charge in [0.15, 0.2) is 11.8 Å². The van der Waals surface area contributed by atoms with E-state index in [0.717, 1.165) is 0 Å². The van der Waals surface area contributed by atoms with Gasteiger partial charge in [-0.2, -0.15) is 0 Å². The van der Waals surface area contributed by atoms with E-state index >= 15 is 0 Å². The fourth-order valence-corrected chi connectivity index (χ4v) is 2.91. The maximum absolute atomic E-state index is 12.1. The molecule has 4 aliphatic rings. The Morgan fingerprint density at radius 1 is 1.11 bits per heavy atom. The molecule has 4 fully saturated rings. The Morgan fingerprint density at radius 3 is 1.89 bits per heavy atom. The summed E-state index contributed by atoms with van der Waals surface area (Å²) in [7, 11) is 0. The van der Waals surface area contributed by atoms with Crippen LogP contribution in [-0.2, 0) is 9.47 Å². The van der Waals surface area contributed by atoms with E-state index in [1.165, 1.54) is 0 Å². The second-order valence-corrected chi connectivity index (χ2v) is 5.65. The summed E-state index contributed by atoms with van der Waals surface area (Å²) in [6.07, 6.45) is -0.119. The Hall–Kier alpha value is -1.54. The lowest BCUT2D eigenvalue weighted by Crippen LogP contribution is -2.54. The van der Waals surface area contributed by atoms with Crippen molar-refractivity contribution in [3.05, 3.63) is 0 Å². The van der Waals surface area contributed by atoms with Crippen molar-refractivity contribution < 1.29 is 19.1 Å². The average molecular weight is 268 g/mol. The first-order valence-corrected chi connectivity index (χ1v) is 6.47. The van der Waals surface area contributed by atoms with E-state index in [1.54, 1.807) is 9.80 Å². The molecule has 4 heterocycles. The molecular weight excluding hydrogens is 252 g/mol. The van der Waals surface area contributed by atoms with Crippen LogP contribution < -0.4 is 10.6 Å². The molecule has 0 spiro atoms. The van der Waals surface area contributed by atoms with Gasteiger partial charge in [0.05, 0.1) is 38.5 Å². The van der Waals surface area contributed by atoms with Crippen molar-refractivity contribution in [2.24, 2.45) is 0 Å². The van der Waals surface area contributed by atoms with Gasteiger partial charge in [-0.3, -0.25) is 9.80 Å². The predicted molar refractivity (Wildman–Crippen MR) is 62.1 cm³/mol. The van der Waals surface area contributed by atoms with E-state index in [-0.39, 0.29) is 30.4 Å². The van der Waals surface area contributed by atoms with Crippen molar-refractivity contribution in [1.29, 1.82) is 0 Å². The number of nitrogens with one attached hydrogen (secondary N) is 2. The van der Waals surface area contributed by atoms with Crippen LogP contribution in [0, 0.1) is 0 Å². The van der Waals surface area contributed by atoms with Crippen LogP contribution in [0.25, 0.3) is 0 Å². The summed E-state index contributed by atoms with van der Waals surface area (Å²) in [5.74, 6) is 0. The van der Waals surface area contributed by atoms with Gasteiger partial charge in [0.1, 0.15) is 0 Å². The topological polar surface area (TPSA) is 89.7 Å². The monoisotopic (exact) mass is 268 g/mol. The molecule has 2 N–H and O–H groups in total. The largest absolute Gasteiger partial charge is 0.371 e. The number of ether oxygens (including phenoxy) is 2. The van der Waals surface area contributed by atoms with E-state index in [0.29, 0.717) is 26.3 Å². The van der Waals surface area contributed by atoms with Crippen molar-refractivity contribution in [3.8, 4) is 0 Å². The highest BCUT2D eigenvalue weighted by molar-refractivity contribution is 5.86. The van der Waals surface area contributed by atoms with Crippen LogP contribution in [0.4, 0.5) is 9.59 Å². The van der Waals surface area contributed by atoms with E-state index in [1.807, 2.05) is 6.92 Å². The van der Waals surface area contributed by atoms with Crippen LogP contribution in [0.15, 0.2) is 0 Å². The minimum Gasteiger partial charge on any atom is -0.371 e. The van der Waals surface area contributed by atoms with Crippen LogP contribution in [0.2, 0.25) is 0 Å². The van der Waals surface area contributed by atoms with Gasteiger partial charge in [-0.25, -0.2) is 9.59 Å². The number of rotatable bonds is 4. The van der Waals surface area contributed by atoms with Gasteiger partial charge >= 0.3 is 12.1 Å². The Labute approximate surface area is 110 Å². The molecule has 8 heteroatoms. The quantitative estimate of drug-likeness (QED) is 0.632. The molecule has 4 saturated heterocycles. The number of fused-ring (bicyclic) bond motifs is 1. The number of carbonyl (C=O) groups is 2. The summed E-state index contributed by atoms with van der Waals surface area (Å²) in [4.78, 5) is 27.5. The predicted octanol–water partition coefficient (Wildman–Crippen LogP) is -1.12. The second-order valence-electron chi connectivity index (χ2n) is 5.65. The Balaban J connectivity index is 1.60. The van der Waals surface area contributed by atoms with Gasteiger partial charge in [0, 0.05) is 0 Å². The molecular formula is C11H16N4O4. The van der Waals surface area contributed by atoms with Gasteiger partial charge in [-0.1, -0.05) is 0 Å². The highest BCUT2D eigenvalue weighted by atomic mass is 16.6. The van der Waals surface area contributed by atoms with Crippen molar-refractivity contribution >= 4 is 12.1 Å². The zero-order valence-corrected chi connectivity index (χ0v) is 10.6. The number of nitrogens with zero attached hydrogens (tertiary/aromatic N) is 2. The van der Waals surface area contributed by atoms with Crippen LogP contribution >= 0.6 is 0 Å². The summed E-state index contributed by atoms with van der Waals surface area (Å²) >= 11 is 0. The van der Waals surface area contributed by atoms with E-state index < -0.39 is 5.66 Å². The van der Waals surface area contributed by atoms with Crippen molar-refractivity contribution in [1.82, 2.24) is 20.4 Å². The van der Waals surface area contributed by atoms with Crippen LogP contribution in [0.1, 0.15) is 6.92 Å². The third-order valence-electron chi connectivity index (χ3n) is 3.97. The average Bonchev–Trinajstić information content (AvgIpc) is 3.20. The third kappa shape index (κ3) is 1.74. The minimum absolute atomic E-state index is 0.0998. The number of urea groups is 2. The molecule has 104 valence electrons. The summed E-state index contributed by atoms with van der Waals surface area (Å²) in [5, 5.41) is 5.69. The Bertz CT molecular complexity index is 412. The van der Waals surface area contributed by atoms with Crippen LogP contribution in [0.5, 0.6) is 0 Å². The third-order valence-corrected chi connectivity index (χ3v) is 3.97. The van der Waals surface area contributed by atoms with Gasteiger partial charge in [0.25, 0.3) is 0 Å². The molecule has 0 radical (unpaired) electrons. The Kier molecular flexibility index (Phi) is 2.09. The summed E-state index contributed by atoms with van der Waals surface area (Å²) in [6, 6.07) is -0.325. The fourth-order valence-electron chi connectivity index (χ4n) is 2.91. The Morgan fingerprint density at radius 2 is 1.53 bits per heavy atom. The molecule has 0 saturated carbocycles. The fraction of sp³-hybridized carbons (Fsp3) is 0.818. The molecule has 0 aromatic rings. The van der Waals surface area contributed by atoms with Gasteiger partial charge in [0.2, 0.25) is 0 Å². The number of hydrogen-bond donors (Lipinski definition) is 2. The highest BCUT2D eigenvalue weighted by Gasteiger charge is 2.59. The maximum atomic E-state index is 12.1. The van der Waals surface area contributed by atoms with E-state index in [2.05, 4.69) is 10.6 Å². The minimum atomic E-state index is -0.738. The second kappa shape index (κ2) is 3.51. The normalized spacial score (nSPS) is 43.1. The molecule has 19 heavy (non-hydrogen) atoms. The van der Waals surface area contributed by atoms with Gasteiger partial charge in [-0.05, 0) is 6.92 Å². The van der Waals surface area contributed by atoms with Crippen molar-refractivity contribution in [2.45, 2.75) is 31.0 Å². The highest BCUT2D eigenvalue weighted by Crippen LogP contribution is 2.32. The van der Waals surface area contributed by atoms with Crippen molar-refractivity contribution in [2.75, 3.05) is 26.3 Å².